The number of aryl methyl sites for hydroxylation is 2. The number of hydrogen-bond acceptors (Lipinski definition) is 5. The van der Waals surface area contributed by atoms with Crippen LogP contribution in [-0.2, 0) is 9.84 Å². The Hall–Kier alpha value is -1.96. The molecule has 1 N–H and O–H groups in total. The summed E-state index contributed by atoms with van der Waals surface area (Å²) < 4.78 is 26.5. The van der Waals surface area contributed by atoms with Gasteiger partial charge in [-0.2, -0.15) is 0 Å². The molecule has 0 aliphatic heterocycles. The van der Waals surface area contributed by atoms with E-state index in [-0.39, 0.29) is 17.3 Å². The van der Waals surface area contributed by atoms with E-state index in [0.717, 1.165) is 16.0 Å². The Morgan fingerprint density at radius 2 is 1.77 bits per heavy atom. The summed E-state index contributed by atoms with van der Waals surface area (Å²) in [6.45, 7) is 3.88. The van der Waals surface area contributed by atoms with Gasteiger partial charge in [-0.1, -0.05) is 18.2 Å². The van der Waals surface area contributed by atoms with Crippen LogP contribution in [-0.4, -0.2) is 20.9 Å². The summed E-state index contributed by atoms with van der Waals surface area (Å²) in [5, 5.41) is 5.63. The molecule has 0 aliphatic carbocycles. The first-order chi connectivity index (χ1) is 12.4. The normalized spacial score (nSPS) is 12.7. The van der Waals surface area contributed by atoms with E-state index in [0.29, 0.717) is 4.88 Å². The lowest BCUT2D eigenvalue weighted by molar-refractivity contribution is 0.0958. The molecule has 2 aromatic heterocycles. The van der Waals surface area contributed by atoms with Crippen molar-refractivity contribution in [3.63, 3.8) is 0 Å². The molecule has 0 aliphatic rings. The van der Waals surface area contributed by atoms with Crippen molar-refractivity contribution in [2.45, 2.75) is 24.0 Å². The van der Waals surface area contributed by atoms with E-state index >= 15 is 0 Å². The minimum absolute atomic E-state index is 0.0342. The predicted octanol–water partition coefficient (Wildman–Crippen LogP) is 4.37. The van der Waals surface area contributed by atoms with Gasteiger partial charge >= 0.3 is 0 Å². The zero-order valence-electron chi connectivity index (χ0n) is 14.4. The van der Waals surface area contributed by atoms with Crippen LogP contribution in [0.1, 0.15) is 30.9 Å². The smallest absolute Gasteiger partial charge is 0.261 e. The van der Waals surface area contributed by atoms with Crippen LogP contribution in [0.4, 0.5) is 0 Å². The van der Waals surface area contributed by atoms with Gasteiger partial charge in [-0.15, -0.1) is 22.7 Å². The maximum absolute atomic E-state index is 13.3. The average molecular weight is 406 g/mol. The molecule has 26 heavy (non-hydrogen) atoms. The number of hydrogen-bond donors (Lipinski definition) is 1. The first-order valence-corrected chi connectivity index (χ1v) is 11.4. The van der Waals surface area contributed by atoms with Crippen LogP contribution in [0.5, 0.6) is 0 Å². The Bertz CT molecular complexity index is 991. The van der Waals surface area contributed by atoms with Crippen LogP contribution < -0.4 is 5.32 Å². The third-order valence-electron chi connectivity index (χ3n) is 4.23. The average Bonchev–Trinajstić information content (AvgIpc) is 3.30. The van der Waals surface area contributed by atoms with E-state index in [4.69, 9.17) is 0 Å². The Balaban J connectivity index is 1.90. The van der Waals surface area contributed by atoms with Crippen LogP contribution in [0.25, 0.3) is 0 Å². The number of carbonyl (C=O) groups excluding carboxylic acids is 1. The van der Waals surface area contributed by atoms with E-state index in [9.17, 15) is 13.2 Å². The van der Waals surface area contributed by atoms with Crippen molar-refractivity contribution in [1.82, 2.24) is 5.32 Å². The largest absolute Gasteiger partial charge is 0.350 e. The maximum Gasteiger partial charge on any atom is 0.261 e. The van der Waals surface area contributed by atoms with Gasteiger partial charge in [0.1, 0.15) is 5.25 Å². The zero-order valence-corrected chi connectivity index (χ0v) is 16.9. The van der Waals surface area contributed by atoms with Gasteiger partial charge in [-0.25, -0.2) is 8.42 Å². The highest BCUT2D eigenvalue weighted by Gasteiger charge is 2.30. The molecular formula is C19H19NO3S3. The molecule has 136 valence electrons. The highest BCUT2D eigenvalue weighted by molar-refractivity contribution is 7.91. The monoisotopic (exact) mass is 405 g/mol. The molecular weight excluding hydrogens is 386 g/mol. The molecule has 1 atom stereocenters. The van der Waals surface area contributed by atoms with Gasteiger partial charge in [-0.3, -0.25) is 4.79 Å². The van der Waals surface area contributed by atoms with Crippen molar-refractivity contribution in [1.29, 1.82) is 0 Å². The lowest BCUT2D eigenvalue weighted by atomic mass is 10.1. The van der Waals surface area contributed by atoms with Gasteiger partial charge in [-0.05, 0) is 60.0 Å². The van der Waals surface area contributed by atoms with Gasteiger partial charge in [0, 0.05) is 11.4 Å². The summed E-state index contributed by atoms with van der Waals surface area (Å²) in [4.78, 5) is 13.8. The van der Waals surface area contributed by atoms with Gasteiger partial charge in [0.25, 0.3) is 5.91 Å². The summed E-state index contributed by atoms with van der Waals surface area (Å²) >= 11 is 2.71. The molecule has 0 radical (unpaired) electrons. The molecule has 2 heterocycles. The Morgan fingerprint density at radius 1 is 1.04 bits per heavy atom. The fourth-order valence-electron chi connectivity index (χ4n) is 2.57. The summed E-state index contributed by atoms with van der Waals surface area (Å²) in [5.41, 5.74) is 1.97. The molecule has 0 bridgehead atoms. The highest BCUT2D eigenvalue weighted by Crippen LogP contribution is 2.32. The number of carbonyl (C=O) groups is 1. The SMILES string of the molecule is Cc1ccc(S(=O)(=O)[C@H](CNC(=O)c2cccs2)c2cccs2)cc1C. The van der Waals surface area contributed by atoms with E-state index in [1.165, 1.54) is 22.7 Å². The molecule has 0 saturated heterocycles. The Kier molecular flexibility index (Phi) is 5.60. The minimum atomic E-state index is -3.63. The van der Waals surface area contributed by atoms with Crippen molar-refractivity contribution in [2.24, 2.45) is 0 Å². The Labute approximate surface area is 161 Å². The van der Waals surface area contributed by atoms with Crippen molar-refractivity contribution in [3.8, 4) is 0 Å². The lowest BCUT2D eigenvalue weighted by Gasteiger charge is -2.18. The number of rotatable bonds is 6. The minimum Gasteiger partial charge on any atom is -0.350 e. The first-order valence-electron chi connectivity index (χ1n) is 8.06. The van der Waals surface area contributed by atoms with Crippen molar-refractivity contribution < 1.29 is 13.2 Å². The number of thiophene rings is 2. The van der Waals surface area contributed by atoms with E-state index in [2.05, 4.69) is 5.32 Å². The summed E-state index contributed by atoms with van der Waals surface area (Å²) in [6, 6.07) is 12.3. The second-order valence-electron chi connectivity index (χ2n) is 5.98. The van der Waals surface area contributed by atoms with E-state index in [1.807, 2.05) is 36.7 Å². The quantitative estimate of drug-likeness (QED) is 0.662. The molecule has 3 aromatic rings. The fraction of sp³-hybridized carbons (Fsp3) is 0.211. The van der Waals surface area contributed by atoms with Crippen molar-refractivity contribution in [2.75, 3.05) is 6.54 Å². The van der Waals surface area contributed by atoms with Gasteiger partial charge < -0.3 is 5.32 Å². The molecule has 0 fully saturated rings. The second-order valence-corrected chi connectivity index (χ2v) is 10.0. The molecule has 0 saturated carbocycles. The zero-order chi connectivity index (χ0) is 18.7. The molecule has 1 aromatic carbocycles. The lowest BCUT2D eigenvalue weighted by Crippen LogP contribution is -2.31. The van der Waals surface area contributed by atoms with E-state index in [1.54, 1.807) is 30.3 Å². The van der Waals surface area contributed by atoms with Crippen LogP contribution in [0.15, 0.2) is 58.1 Å². The van der Waals surface area contributed by atoms with E-state index < -0.39 is 15.1 Å². The third-order valence-corrected chi connectivity index (χ3v) is 8.32. The van der Waals surface area contributed by atoms with Crippen molar-refractivity contribution >= 4 is 38.4 Å². The highest BCUT2D eigenvalue weighted by atomic mass is 32.2. The standard InChI is InChI=1S/C19H19NO3S3/c1-13-7-8-15(11-14(13)2)26(22,23)18(16-5-3-9-24-16)12-20-19(21)17-6-4-10-25-17/h3-11,18H,12H2,1-2H3,(H,20,21)/t18-/m1/s1. The summed E-state index contributed by atoms with van der Waals surface area (Å²) in [5.74, 6) is -0.253. The third kappa shape index (κ3) is 3.90. The maximum atomic E-state index is 13.3. The van der Waals surface area contributed by atoms with Gasteiger partial charge in [0.15, 0.2) is 9.84 Å². The van der Waals surface area contributed by atoms with Crippen LogP contribution >= 0.6 is 22.7 Å². The number of benzene rings is 1. The first kappa shape index (κ1) is 18.8. The Morgan fingerprint density at radius 3 is 2.38 bits per heavy atom. The van der Waals surface area contributed by atoms with Crippen LogP contribution in [0.3, 0.4) is 0 Å². The number of sulfone groups is 1. The van der Waals surface area contributed by atoms with Gasteiger partial charge in [0.05, 0.1) is 9.77 Å². The predicted molar refractivity (Wildman–Crippen MR) is 107 cm³/mol. The van der Waals surface area contributed by atoms with Crippen LogP contribution in [0.2, 0.25) is 0 Å². The van der Waals surface area contributed by atoms with Gasteiger partial charge in [0.2, 0.25) is 0 Å². The molecule has 4 nitrogen and oxygen atoms in total. The second kappa shape index (κ2) is 7.73. The number of nitrogens with one attached hydrogen (secondary N) is 1. The molecule has 0 unspecified atom stereocenters. The summed E-state index contributed by atoms with van der Waals surface area (Å²) in [7, 11) is -3.63. The fourth-order valence-corrected chi connectivity index (χ4v) is 6.08. The molecule has 3 rings (SSSR count). The number of amides is 1. The topological polar surface area (TPSA) is 63.2 Å². The molecule has 0 spiro atoms. The molecule has 7 heteroatoms. The molecule has 1 amide bonds. The summed E-state index contributed by atoms with van der Waals surface area (Å²) in [6.07, 6.45) is 0. The van der Waals surface area contributed by atoms with Crippen LogP contribution in [0, 0.1) is 13.8 Å². The van der Waals surface area contributed by atoms with Crippen molar-refractivity contribution in [3.05, 3.63) is 74.1 Å².